The number of ether oxygens (including phenoxy) is 3. The zero-order valence-corrected chi connectivity index (χ0v) is 12.2. The number of nitrogens with zero attached hydrogens (tertiary/aromatic N) is 1. The zero-order valence-electron chi connectivity index (χ0n) is 10.6. The van der Waals surface area contributed by atoms with Crippen LogP contribution in [0.1, 0.15) is 23.0 Å². The average Bonchev–Trinajstić information content (AvgIpc) is 2.36. The first-order valence-corrected chi connectivity index (χ1v) is 6.51. The number of hydrogen-bond donors (Lipinski definition) is 0. The summed E-state index contributed by atoms with van der Waals surface area (Å²) in [6, 6.07) is 1.19. The molecule has 0 fully saturated rings. The predicted molar refractivity (Wildman–Crippen MR) is 66.1 cm³/mol. The zero-order chi connectivity index (χ0) is 15.3. The van der Waals surface area contributed by atoms with E-state index in [0.29, 0.717) is 0 Å². The molecule has 1 rings (SSSR count). The van der Waals surface area contributed by atoms with E-state index in [-0.39, 0.29) is 28.9 Å². The lowest BCUT2D eigenvalue weighted by atomic mass is 10.2. The van der Waals surface area contributed by atoms with Crippen LogP contribution in [0, 0.1) is 0 Å². The largest absolute Gasteiger partial charge is 0.574 e. The molecule has 0 radical (unpaired) electrons. The minimum Gasteiger partial charge on any atom is -0.496 e. The number of aromatic nitrogens is 1. The van der Waals surface area contributed by atoms with Crippen LogP contribution in [0.2, 0.25) is 0 Å². The molecule has 5 nitrogen and oxygen atoms in total. The van der Waals surface area contributed by atoms with Gasteiger partial charge in [0.25, 0.3) is 0 Å². The molecular formula is C11H11BrF3NO4. The summed E-state index contributed by atoms with van der Waals surface area (Å²) in [6.45, 7) is 1.63. The van der Waals surface area contributed by atoms with E-state index in [9.17, 15) is 18.0 Å². The Morgan fingerprint density at radius 3 is 2.55 bits per heavy atom. The van der Waals surface area contributed by atoms with Crippen LogP contribution >= 0.6 is 15.9 Å². The summed E-state index contributed by atoms with van der Waals surface area (Å²) in [5, 5.41) is 0.0116. The molecule has 0 N–H and O–H groups in total. The topological polar surface area (TPSA) is 57.7 Å². The lowest BCUT2D eigenvalue weighted by Gasteiger charge is -2.15. The van der Waals surface area contributed by atoms with Crippen LogP contribution in [0.5, 0.6) is 11.6 Å². The number of carbonyl (C=O) groups excluding carboxylic acids is 1. The average molecular weight is 358 g/mol. The Balaban J connectivity index is 3.30. The molecule has 0 saturated carbocycles. The van der Waals surface area contributed by atoms with Crippen LogP contribution in [0.15, 0.2) is 6.07 Å². The van der Waals surface area contributed by atoms with E-state index in [4.69, 9.17) is 4.74 Å². The van der Waals surface area contributed by atoms with Crippen LogP contribution < -0.4 is 9.47 Å². The molecule has 9 heteroatoms. The van der Waals surface area contributed by atoms with Crippen molar-refractivity contribution in [3.63, 3.8) is 0 Å². The van der Waals surface area contributed by atoms with Gasteiger partial charge in [-0.25, -0.2) is 9.78 Å². The normalized spacial score (nSPS) is 11.1. The second kappa shape index (κ2) is 6.78. The smallest absolute Gasteiger partial charge is 0.496 e. The van der Waals surface area contributed by atoms with E-state index in [1.807, 2.05) is 0 Å². The summed E-state index contributed by atoms with van der Waals surface area (Å²) in [6.07, 6.45) is -4.93. The van der Waals surface area contributed by atoms with E-state index in [0.717, 1.165) is 0 Å². The number of hydrogen-bond acceptors (Lipinski definition) is 5. The van der Waals surface area contributed by atoms with Crippen molar-refractivity contribution in [3.05, 3.63) is 17.3 Å². The minimum absolute atomic E-state index is 0.0116. The van der Waals surface area contributed by atoms with E-state index in [2.05, 4.69) is 30.4 Å². The molecule has 0 atom stereocenters. The number of methoxy groups -OCH3 is 1. The van der Waals surface area contributed by atoms with Crippen molar-refractivity contribution in [2.75, 3.05) is 13.7 Å². The maximum atomic E-state index is 12.3. The van der Waals surface area contributed by atoms with Gasteiger partial charge in [0.2, 0.25) is 5.88 Å². The number of rotatable bonds is 5. The first kappa shape index (κ1) is 16.5. The molecular weight excluding hydrogens is 347 g/mol. The van der Waals surface area contributed by atoms with E-state index in [1.54, 1.807) is 6.92 Å². The Morgan fingerprint density at radius 2 is 2.10 bits per heavy atom. The summed E-state index contributed by atoms with van der Waals surface area (Å²) in [5.74, 6) is -1.57. The van der Waals surface area contributed by atoms with Crippen molar-refractivity contribution in [3.8, 4) is 11.6 Å². The third-order valence-electron chi connectivity index (χ3n) is 2.10. The van der Waals surface area contributed by atoms with Crippen molar-refractivity contribution < 1.29 is 32.2 Å². The first-order valence-electron chi connectivity index (χ1n) is 5.39. The molecule has 0 aliphatic carbocycles. The van der Waals surface area contributed by atoms with Gasteiger partial charge in [-0.3, -0.25) is 0 Å². The van der Waals surface area contributed by atoms with Gasteiger partial charge in [-0.05, 0) is 6.92 Å². The molecule has 0 aliphatic rings. The molecule has 1 heterocycles. The molecule has 0 aliphatic heterocycles. The SMILES string of the molecule is CCOC(=O)c1cc(OC)c(CBr)c(OC(F)(F)F)n1. The molecule has 1 aromatic rings. The fraction of sp³-hybridized carbons (Fsp3) is 0.455. The number of alkyl halides is 4. The summed E-state index contributed by atoms with van der Waals surface area (Å²) in [4.78, 5) is 15.1. The van der Waals surface area contributed by atoms with Gasteiger partial charge in [-0.1, -0.05) is 15.9 Å². The number of esters is 1. The minimum atomic E-state index is -4.93. The van der Waals surface area contributed by atoms with Crippen LogP contribution in [0.25, 0.3) is 0 Å². The monoisotopic (exact) mass is 357 g/mol. The summed E-state index contributed by atoms with van der Waals surface area (Å²) in [5.41, 5.74) is -0.287. The van der Waals surface area contributed by atoms with Gasteiger partial charge in [0.15, 0.2) is 5.69 Å². The van der Waals surface area contributed by atoms with Crippen LogP contribution in [-0.2, 0) is 10.1 Å². The van der Waals surface area contributed by atoms with Gasteiger partial charge < -0.3 is 14.2 Å². The van der Waals surface area contributed by atoms with Crippen molar-refractivity contribution in [2.24, 2.45) is 0 Å². The number of carbonyl (C=O) groups is 1. The molecule has 112 valence electrons. The highest BCUT2D eigenvalue weighted by atomic mass is 79.9. The summed E-state index contributed by atoms with van der Waals surface area (Å²) >= 11 is 3.02. The molecule has 0 aromatic carbocycles. The van der Waals surface area contributed by atoms with Gasteiger partial charge in [0.05, 0.1) is 19.3 Å². The van der Waals surface area contributed by atoms with Crippen molar-refractivity contribution in [1.29, 1.82) is 0 Å². The second-order valence-electron chi connectivity index (χ2n) is 3.40. The molecule has 0 saturated heterocycles. The van der Waals surface area contributed by atoms with Gasteiger partial charge >= 0.3 is 12.3 Å². The molecule has 20 heavy (non-hydrogen) atoms. The Morgan fingerprint density at radius 1 is 1.45 bits per heavy atom. The van der Waals surface area contributed by atoms with Crippen molar-refractivity contribution >= 4 is 21.9 Å². The first-order chi connectivity index (χ1) is 9.32. The lowest BCUT2D eigenvalue weighted by molar-refractivity contribution is -0.276. The fourth-order valence-corrected chi connectivity index (χ4v) is 1.85. The van der Waals surface area contributed by atoms with Gasteiger partial charge in [0, 0.05) is 11.4 Å². The maximum absolute atomic E-state index is 12.3. The molecule has 1 aromatic heterocycles. The third-order valence-corrected chi connectivity index (χ3v) is 2.66. The van der Waals surface area contributed by atoms with E-state index >= 15 is 0 Å². The van der Waals surface area contributed by atoms with Crippen molar-refractivity contribution in [2.45, 2.75) is 18.6 Å². The highest BCUT2D eigenvalue weighted by Crippen LogP contribution is 2.33. The Kier molecular flexibility index (Phi) is 5.61. The lowest BCUT2D eigenvalue weighted by Crippen LogP contribution is -2.20. The van der Waals surface area contributed by atoms with Crippen LogP contribution in [0.4, 0.5) is 13.2 Å². The maximum Gasteiger partial charge on any atom is 0.574 e. The van der Waals surface area contributed by atoms with Crippen LogP contribution in [0.3, 0.4) is 0 Å². The van der Waals surface area contributed by atoms with Gasteiger partial charge in [-0.2, -0.15) is 0 Å². The number of pyridine rings is 1. The molecule has 0 unspecified atom stereocenters. The standard InChI is InChI=1S/C11H11BrF3NO4/c1-3-19-10(17)7-4-8(18-2)6(5-12)9(16-7)20-11(13,14)15/h4H,3,5H2,1-2H3. The Labute approximate surface area is 121 Å². The summed E-state index contributed by atoms with van der Waals surface area (Å²) in [7, 11) is 1.26. The number of halogens is 4. The molecule has 0 bridgehead atoms. The Hall–Kier alpha value is -1.51. The second-order valence-corrected chi connectivity index (χ2v) is 3.96. The van der Waals surface area contributed by atoms with E-state index in [1.165, 1.54) is 13.2 Å². The van der Waals surface area contributed by atoms with Crippen molar-refractivity contribution in [1.82, 2.24) is 4.98 Å². The molecule has 0 amide bonds. The quantitative estimate of drug-likeness (QED) is 0.598. The van der Waals surface area contributed by atoms with E-state index < -0.39 is 18.2 Å². The van der Waals surface area contributed by atoms with Crippen LogP contribution in [-0.4, -0.2) is 31.0 Å². The fourth-order valence-electron chi connectivity index (χ4n) is 1.33. The predicted octanol–water partition coefficient (Wildman–Crippen LogP) is 3.06. The third kappa shape index (κ3) is 4.26. The molecule has 0 spiro atoms. The summed E-state index contributed by atoms with van der Waals surface area (Å²) < 4.78 is 50.4. The van der Waals surface area contributed by atoms with Gasteiger partial charge in [-0.15, -0.1) is 13.2 Å². The highest BCUT2D eigenvalue weighted by Gasteiger charge is 2.34. The Bertz CT molecular complexity index is 493. The van der Waals surface area contributed by atoms with Gasteiger partial charge in [0.1, 0.15) is 5.75 Å². The highest BCUT2D eigenvalue weighted by molar-refractivity contribution is 9.08.